The zero-order valence-corrected chi connectivity index (χ0v) is 15.3. The van der Waals surface area contributed by atoms with Crippen LogP contribution < -0.4 is 9.80 Å². The maximum Gasteiger partial charge on any atom is 0.409 e. The number of rotatable bonds is 5. The maximum atomic E-state index is 11.8. The van der Waals surface area contributed by atoms with Crippen molar-refractivity contribution in [1.82, 2.24) is 14.9 Å². The summed E-state index contributed by atoms with van der Waals surface area (Å²) in [5.41, 5.74) is 1.23. The Morgan fingerprint density at radius 3 is 2.58 bits per heavy atom. The van der Waals surface area contributed by atoms with Crippen LogP contribution in [0.5, 0.6) is 0 Å². The molecule has 26 heavy (non-hydrogen) atoms. The van der Waals surface area contributed by atoms with Gasteiger partial charge >= 0.3 is 6.09 Å². The summed E-state index contributed by atoms with van der Waals surface area (Å²) in [7, 11) is 2.03. The summed E-state index contributed by atoms with van der Waals surface area (Å²) in [6.45, 7) is 5.75. The Bertz CT molecular complexity index is 717. The summed E-state index contributed by atoms with van der Waals surface area (Å²) in [5.74, 6) is 1.77. The summed E-state index contributed by atoms with van der Waals surface area (Å²) in [5, 5.41) is 0. The van der Waals surface area contributed by atoms with Crippen molar-refractivity contribution in [2.45, 2.75) is 13.5 Å². The number of piperazine rings is 1. The van der Waals surface area contributed by atoms with E-state index in [1.165, 1.54) is 5.56 Å². The van der Waals surface area contributed by atoms with Gasteiger partial charge in [0.25, 0.3) is 0 Å². The smallest absolute Gasteiger partial charge is 0.409 e. The third-order valence-electron chi connectivity index (χ3n) is 4.42. The first kappa shape index (κ1) is 18.0. The highest BCUT2D eigenvalue weighted by Crippen LogP contribution is 2.19. The van der Waals surface area contributed by atoms with E-state index in [2.05, 4.69) is 31.9 Å². The summed E-state index contributed by atoms with van der Waals surface area (Å²) in [6, 6.07) is 12.3. The standard InChI is InChI=1S/C19H25N5O2/c1-3-26-19(25)24-11-9-23(10-12-24)18-13-17(20-15-21-18)22(2)14-16-7-5-4-6-8-16/h4-8,13,15H,3,9-12,14H2,1-2H3. The lowest BCUT2D eigenvalue weighted by atomic mass is 10.2. The van der Waals surface area contributed by atoms with Crippen LogP contribution in [0.4, 0.5) is 16.4 Å². The molecule has 1 amide bonds. The van der Waals surface area contributed by atoms with Crippen molar-refractivity contribution < 1.29 is 9.53 Å². The van der Waals surface area contributed by atoms with Crippen LogP contribution in [-0.2, 0) is 11.3 Å². The Balaban J connectivity index is 1.62. The second-order valence-corrected chi connectivity index (χ2v) is 6.25. The van der Waals surface area contributed by atoms with Crippen molar-refractivity contribution in [2.75, 3.05) is 49.6 Å². The average Bonchev–Trinajstić information content (AvgIpc) is 2.69. The fourth-order valence-corrected chi connectivity index (χ4v) is 2.99. The van der Waals surface area contributed by atoms with Gasteiger partial charge in [-0.05, 0) is 12.5 Å². The Hall–Kier alpha value is -2.83. The monoisotopic (exact) mass is 355 g/mol. The number of carbonyl (C=O) groups excluding carboxylic acids is 1. The van der Waals surface area contributed by atoms with Crippen molar-refractivity contribution in [2.24, 2.45) is 0 Å². The van der Waals surface area contributed by atoms with E-state index >= 15 is 0 Å². The van der Waals surface area contributed by atoms with Crippen LogP contribution in [-0.4, -0.2) is 60.8 Å². The minimum atomic E-state index is -0.238. The van der Waals surface area contributed by atoms with Gasteiger partial charge in [-0.1, -0.05) is 30.3 Å². The van der Waals surface area contributed by atoms with Crippen molar-refractivity contribution in [1.29, 1.82) is 0 Å². The summed E-state index contributed by atoms with van der Waals surface area (Å²) in [6.07, 6.45) is 1.36. The van der Waals surface area contributed by atoms with E-state index in [-0.39, 0.29) is 6.09 Å². The maximum absolute atomic E-state index is 11.8. The van der Waals surface area contributed by atoms with Gasteiger partial charge in [0.05, 0.1) is 6.61 Å². The Labute approximate surface area is 154 Å². The predicted octanol–water partition coefficient (Wildman–Crippen LogP) is 2.39. The van der Waals surface area contributed by atoms with Gasteiger partial charge in [-0.25, -0.2) is 14.8 Å². The van der Waals surface area contributed by atoms with Crippen LogP contribution in [0, 0.1) is 0 Å². The van der Waals surface area contributed by atoms with Crippen molar-refractivity contribution in [3.8, 4) is 0 Å². The number of carbonyl (C=O) groups is 1. The molecular formula is C19H25N5O2. The molecule has 1 aliphatic heterocycles. The molecule has 0 spiro atoms. The number of ether oxygens (including phenoxy) is 1. The molecule has 0 atom stereocenters. The lowest BCUT2D eigenvalue weighted by Crippen LogP contribution is -2.49. The van der Waals surface area contributed by atoms with Gasteiger partial charge in [0, 0.05) is 45.8 Å². The van der Waals surface area contributed by atoms with Crippen LogP contribution in [0.1, 0.15) is 12.5 Å². The number of aromatic nitrogens is 2. The Morgan fingerprint density at radius 1 is 1.15 bits per heavy atom. The van der Waals surface area contributed by atoms with Crippen LogP contribution >= 0.6 is 0 Å². The number of anilines is 2. The van der Waals surface area contributed by atoms with E-state index in [0.717, 1.165) is 31.3 Å². The fourth-order valence-electron chi connectivity index (χ4n) is 2.99. The number of hydrogen-bond acceptors (Lipinski definition) is 6. The van der Waals surface area contributed by atoms with Crippen LogP contribution in [0.3, 0.4) is 0 Å². The van der Waals surface area contributed by atoms with Crippen LogP contribution in [0.25, 0.3) is 0 Å². The molecule has 1 aromatic carbocycles. The minimum Gasteiger partial charge on any atom is -0.450 e. The molecule has 0 unspecified atom stereocenters. The van der Waals surface area contributed by atoms with Gasteiger partial charge in [0.15, 0.2) is 0 Å². The first-order valence-corrected chi connectivity index (χ1v) is 8.91. The van der Waals surface area contributed by atoms with Crippen molar-refractivity contribution in [3.05, 3.63) is 48.3 Å². The van der Waals surface area contributed by atoms with Crippen LogP contribution in [0.15, 0.2) is 42.7 Å². The highest BCUT2D eigenvalue weighted by Gasteiger charge is 2.23. The molecule has 1 fully saturated rings. The molecule has 3 rings (SSSR count). The fraction of sp³-hybridized carbons (Fsp3) is 0.421. The average molecular weight is 355 g/mol. The first-order valence-electron chi connectivity index (χ1n) is 8.91. The van der Waals surface area contributed by atoms with Crippen molar-refractivity contribution >= 4 is 17.7 Å². The molecule has 138 valence electrons. The van der Waals surface area contributed by atoms with Gasteiger partial charge < -0.3 is 19.4 Å². The summed E-state index contributed by atoms with van der Waals surface area (Å²) >= 11 is 0. The third kappa shape index (κ3) is 4.41. The molecule has 0 N–H and O–H groups in total. The van der Waals surface area contributed by atoms with E-state index in [1.54, 1.807) is 11.2 Å². The third-order valence-corrected chi connectivity index (χ3v) is 4.42. The molecule has 7 nitrogen and oxygen atoms in total. The van der Waals surface area contributed by atoms with E-state index < -0.39 is 0 Å². The molecule has 7 heteroatoms. The molecule has 2 heterocycles. The largest absolute Gasteiger partial charge is 0.450 e. The van der Waals surface area contributed by atoms with Crippen molar-refractivity contribution in [3.63, 3.8) is 0 Å². The lowest BCUT2D eigenvalue weighted by molar-refractivity contribution is 0.105. The molecule has 0 radical (unpaired) electrons. The zero-order valence-electron chi connectivity index (χ0n) is 15.3. The van der Waals surface area contributed by atoms with Gasteiger partial charge in [-0.2, -0.15) is 0 Å². The number of benzene rings is 1. The highest BCUT2D eigenvalue weighted by atomic mass is 16.6. The lowest BCUT2D eigenvalue weighted by Gasteiger charge is -2.34. The highest BCUT2D eigenvalue weighted by molar-refractivity contribution is 5.68. The molecule has 1 aromatic heterocycles. The molecule has 0 saturated carbocycles. The van der Waals surface area contributed by atoms with E-state index in [9.17, 15) is 4.79 Å². The molecule has 0 bridgehead atoms. The number of nitrogens with zero attached hydrogens (tertiary/aromatic N) is 5. The number of amides is 1. The predicted molar refractivity (Wildman–Crippen MR) is 101 cm³/mol. The summed E-state index contributed by atoms with van der Waals surface area (Å²) < 4.78 is 5.07. The van der Waals surface area contributed by atoms with E-state index in [4.69, 9.17) is 4.74 Å². The quantitative estimate of drug-likeness (QED) is 0.821. The van der Waals surface area contributed by atoms with Gasteiger partial charge in [-0.3, -0.25) is 0 Å². The normalized spacial score (nSPS) is 14.2. The first-order chi connectivity index (χ1) is 12.7. The van der Waals surface area contributed by atoms with Gasteiger partial charge in [0.2, 0.25) is 0 Å². The SMILES string of the molecule is CCOC(=O)N1CCN(c2cc(N(C)Cc3ccccc3)ncn2)CC1. The van der Waals surface area contributed by atoms with E-state index in [1.807, 2.05) is 38.2 Å². The minimum absolute atomic E-state index is 0.238. The molecule has 1 aliphatic rings. The van der Waals surface area contributed by atoms with Gasteiger partial charge in [-0.15, -0.1) is 0 Å². The Kier molecular flexibility index (Phi) is 5.88. The molecule has 1 saturated heterocycles. The molecule has 0 aliphatic carbocycles. The summed E-state index contributed by atoms with van der Waals surface area (Å²) in [4.78, 5) is 26.6. The van der Waals surface area contributed by atoms with Gasteiger partial charge in [0.1, 0.15) is 18.0 Å². The number of hydrogen-bond donors (Lipinski definition) is 0. The van der Waals surface area contributed by atoms with Crippen LogP contribution in [0.2, 0.25) is 0 Å². The zero-order chi connectivity index (χ0) is 18.4. The topological polar surface area (TPSA) is 61.8 Å². The molecular weight excluding hydrogens is 330 g/mol. The van der Waals surface area contributed by atoms with E-state index in [0.29, 0.717) is 19.7 Å². The second-order valence-electron chi connectivity index (χ2n) is 6.25. The second kappa shape index (κ2) is 8.51. The molecule has 2 aromatic rings. The Morgan fingerprint density at radius 2 is 1.88 bits per heavy atom.